The zero-order chi connectivity index (χ0) is 36.6. The minimum absolute atomic E-state index is 0.0696. The monoisotopic (exact) mass is 716 g/mol. The van der Waals surface area contributed by atoms with Crippen molar-refractivity contribution in [3.63, 3.8) is 0 Å². The zero-order valence-electron chi connectivity index (χ0n) is 23.9. The Morgan fingerprint density at radius 1 is 0.745 bits per heavy atom. The highest BCUT2D eigenvalue weighted by atomic mass is 19.4. The van der Waals surface area contributed by atoms with Crippen LogP contribution in [0.15, 0.2) is 12.7 Å². The molecule has 2 rings (SSSR count). The maximum atomic E-state index is 13.2. The summed E-state index contributed by atoms with van der Waals surface area (Å²) in [7, 11) is 0. The molecule has 270 valence electrons. The summed E-state index contributed by atoms with van der Waals surface area (Å²) in [5.74, 6) is -13.1. The van der Waals surface area contributed by atoms with Crippen LogP contribution >= 0.6 is 0 Å². The molecule has 11 nitrogen and oxygen atoms in total. The Hall–Kier alpha value is -3.34. The van der Waals surface area contributed by atoms with Crippen LogP contribution in [0.1, 0.15) is 33.6 Å². The van der Waals surface area contributed by atoms with Crippen molar-refractivity contribution in [1.29, 1.82) is 0 Å². The zero-order valence-corrected chi connectivity index (χ0v) is 23.9. The Morgan fingerprint density at radius 2 is 1.17 bits per heavy atom. The van der Waals surface area contributed by atoms with Gasteiger partial charge in [-0.3, -0.25) is 0 Å². The molecule has 0 aromatic heterocycles. The minimum atomic E-state index is -6.07. The standard InChI is InChI=1S/C24H24F12O11/c1-5-20(4)7-6-10(46-20)19(2,3)47-14-13(45-18(40)24(34,35)36)12(44-17(39)23(31,32)33)11(43-16(38)22(28,29)30)9(42-14)8-41-15(37)21(25,26)27/h5,9-14H,1,6-8H2,2-4H3/t9-,10?,11-,12+,13-,14+,20?/m0/s1. The molecule has 2 unspecified atom stereocenters. The average molecular weight is 716 g/mol. The summed E-state index contributed by atoms with van der Waals surface area (Å²) in [6, 6.07) is 0. The fourth-order valence-corrected chi connectivity index (χ4v) is 4.20. The van der Waals surface area contributed by atoms with E-state index in [0.29, 0.717) is 0 Å². The third-order valence-electron chi connectivity index (χ3n) is 6.57. The lowest BCUT2D eigenvalue weighted by atomic mass is 9.95. The molecule has 0 bridgehead atoms. The molecule has 0 radical (unpaired) electrons. The Morgan fingerprint density at radius 3 is 1.57 bits per heavy atom. The second-order valence-electron chi connectivity index (χ2n) is 10.6. The first-order valence-electron chi connectivity index (χ1n) is 12.7. The van der Waals surface area contributed by atoms with Crippen LogP contribution in [0.2, 0.25) is 0 Å². The molecule has 0 N–H and O–H groups in total. The topological polar surface area (TPSA) is 133 Å². The first-order chi connectivity index (χ1) is 21.0. The Balaban J connectivity index is 2.72. The van der Waals surface area contributed by atoms with Crippen molar-refractivity contribution in [2.45, 2.75) is 106 Å². The van der Waals surface area contributed by atoms with E-state index in [1.807, 2.05) is 0 Å². The van der Waals surface area contributed by atoms with Gasteiger partial charge >= 0.3 is 48.6 Å². The first kappa shape index (κ1) is 39.8. The number of hydrogen-bond acceptors (Lipinski definition) is 11. The van der Waals surface area contributed by atoms with Gasteiger partial charge in [0.05, 0.1) is 17.3 Å². The summed E-state index contributed by atoms with van der Waals surface area (Å²) in [4.78, 5) is 46.6. The fraction of sp³-hybridized carbons (Fsp3) is 0.750. The molecule has 0 saturated carbocycles. The van der Waals surface area contributed by atoms with E-state index in [9.17, 15) is 71.9 Å². The van der Waals surface area contributed by atoms with Gasteiger partial charge in [-0.2, -0.15) is 52.7 Å². The normalized spacial score (nSPS) is 29.1. The molecule has 0 spiro atoms. The van der Waals surface area contributed by atoms with E-state index in [4.69, 9.17) is 14.2 Å². The summed E-state index contributed by atoms with van der Waals surface area (Å²) in [6.45, 7) is 5.37. The van der Waals surface area contributed by atoms with Crippen LogP contribution in [-0.2, 0) is 52.3 Å². The van der Waals surface area contributed by atoms with Crippen molar-refractivity contribution in [1.82, 2.24) is 0 Å². The van der Waals surface area contributed by atoms with Gasteiger partial charge in [-0.25, -0.2) is 19.2 Å². The third kappa shape index (κ3) is 10.3. The molecule has 0 aromatic carbocycles. The van der Waals surface area contributed by atoms with E-state index in [2.05, 4.69) is 25.5 Å². The maximum absolute atomic E-state index is 13.2. The Kier molecular flexibility index (Phi) is 11.6. The van der Waals surface area contributed by atoms with E-state index >= 15 is 0 Å². The Bertz CT molecular complexity index is 1190. The number of carbonyl (C=O) groups excluding carboxylic acids is 4. The van der Waals surface area contributed by atoms with Gasteiger partial charge in [-0.1, -0.05) is 6.08 Å². The summed E-state index contributed by atoms with van der Waals surface area (Å²) in [6.07, 6.45) is -38.9. The molecule has 0 amide bonds. The number of halogens is 12. The van der Waals surface area contributed by atoms with Crippen LogP contribution in [0.4, 0.5) is 52.7 Å². The van der Waals surface area contributed by atoms with Crippen molar-refractivity contribution in [2.75, 3.05) is 6.61 Å². The van der Waals surface area contributed by atoms with Gasteiger partial charge in [-0.05, 0) is 33.6 Å². The summed E-state index contributed by atoms with van der Waals surface area (Å²) >= 11 is 0. The average Bonchev–Trinajstić information content (AvgIpc) is 3.31. The molecule has 2 aliphatic heterocycles. The smallest absolute Gasteiger partial charge is 0.456 e. The predicted octanol–water partition coefficient (Wildman–Crippen LogP) is 4.16. The summed E-state index contributed by atoms with van der Waals surface area (Å²) in [5, 5.41) is 0. The molecule has 0 aromatic rings. The van der Waals surface area contributed by atoms with E-state index in [1.165, 1.54) is 13.0 Å². The van der Waals surface area contributed by atoms with E-state index in [0.717, 1.165) is 13.8 Å². The van der Waals surface area contributed by atoms with Gasteiger partial charge in [0, 0.05) is 0 Å². The molecule has 0 aliphatic carbocycles. The molecule has 2 heterocycles. The highest BCUT2D eigenvalue weighted by molar-refractivity contribution is 5.78. The van der Waals surface area contributed by atoms with Gasteiger partial charge in [0.15, 0.2) is 24.6 Å². The molecular formula is C24H24F12O11. The van der Waals surface area contributed by atoms with Gasteiger partial charge in [0.25, 0.3) is 0 Å². The van der Waals surface area contributed by atoms with Gasteiger partial charge < -0.3 is 33.2 Å². The van der Waals surface area contributed by atoms with E-state index in [1.54, 1.807) is 0 Å². The van der Waals surface area contributed by atoms with Crippen LogP contribution in [-0.4, -0.2) is 103 Å². The van der Waals surface area contributed by atoms with Gasteiger partial charge in [0.2, 0.25) is 0 Å². The molecule has 2 fully saturated rings. The molecule has 2 saturated heterocycles. The number of hydrogen-bond donors (Lipinski definition) is 0. The number of ether oxygens (including phenoxy) is 7. The van der Waals surface area contributed by atoms with Crippen molar-refractivity contribution < 1.29 is 105 Å². The lowest BCUT2D eigenvalue weighted by Crippen LogP contribution is -2.65. The summed E-state index contributed by atoms with van der Waals surface area (Å²) in [5.41, 5.74) is -2.92. The molecule has 7 atom stereocenters. The summed E-state index contributed by atoms with van der Waals surface area (Å²) < 4.78 is 189. The number of rotatable bonds is 9. The van der Waals surface area contributed by atoms with Crippen LogP contribution in [0.25, 0.3) is 0 Å². The van der Waals surface area contributed by atoms with E-state index in [-0.39, 0.29) is 12.8 Å². The molecule has 47 heavy (non-hydrogen) atoms. The van der Waals surface area contributed by atoms with Gasteiger partial charge in [-0.15, -0.1) is 6.58 Å². The van der Waals surface area contributed by atoms with Crippen molar-refractivity contribution in [2.24, 2.45) is 0 Å². The molecule has 2 aliphatic rings. The van der Waals surface area contributed by atoms with Crippen LogP contribution < -0.4 is 0 Å². The second kappa shape index (κ2) is 13.6. The molecular weight excluding hydrogens is 692 g/mol. The predicted molar refractivity (Wildman–Crippen MR) is 121 cm³/mol. The van der Waals surface area contributed by atoms with Crippen molar-refractivity contribution in [3.8, 4) is 0 Å². The minimum Gasteiger partial charge on any atom is -0.456 e. The third-order valence-corrected chi connectivity index (χ3v) is 6.57. The van der Waals surface area contributed by atoms with Crippen LogP contribution in [0.5, 0.6) is 0 Å². The number of alkyl halides is 12. The van der Waals surface area contributed by atoms with Crippen molar-refractivity contribution >= 4 is 23.9 Å². The first-order valence-corrected chi connectivity index (χ1v) is 12.7. The lowest BCUT2D eigenvalue weighted by Gasteiger charge is -2.47. The second-order valence-corrected chi connectivity index (χ2v) is 10.6. The fourth-order valence-electron chi connectivity index (χ4n) is 4.20. The van der Waals surface area contributed by atoms with Gasteiger partial charge in [0.1, 0.15) is 12.7 Å². The molecule has 23 heteroatoms. The number of esters is 4. The maximum Gasteiger partial charge on any atom is 0.490 e. The van der Waals surface area contributed by atoms with Crippen molar-refractivity contribution in [3.05, 3.63) is 12.7 Å². The lowest BCUT2D eigenvalue weighted by molar-refractivity contribution is -0.344. The quantitative estimate of drug-likeness (QED) is 0.148. The Labute approximate surface area is 255 Å². The van der Waals surface area contributed by atoms with Crippen LogP contribution in [0, 0.1) is 0 Å². The van der Waals surface area contributed by atoms with E-state index < -0.39 is 103 Å². The highest BCUT2D eigenvalue weighted by Crippen LogP contribution is 2.41. The SMILES string of the molecule is C=CC1(C)CCC(C(C)(C)O[C@H]2O[C@@H](COC(=O)C(F)(F)F)[C@H](OC(=O)C(F)(F)F)[C@@H](OC(=O)C(F)(F)F)[C@@H]2OC(=O)C(F)(F)F)O1. The largest absolute Gasteiger partial charge is 0.490 e. The van der Waals surface area contributed by atoms with Crippen LogP contribution in [0.3, 0.4) is 0 Å². The number of carbonyl (C=O) groups is 4. The highest BCUT2D eigenvalue weighted by Gasteiger charge is 2.60.